The molecule has 1 aromatic carbocycles. The number of benzene rings is 1. The lowest BCUT2D eigenvalue weighted by atomic mass is 9.96. The summed E-state index contributed by atoms with van der Waals surface area (Å²) in [7, 11) is -2.97. The van der Waals surface area contributed by atoms with Gasteiger partial charge in [0.2, 0.25) is 5.91 Å². The number of aryl methyl sites for hydroxylation is 1. The van der Waals surface area contributed by atoms with Crippen LogP contribution in [0.25, 0.3) is 0 Å². The van der Waals surface area contributed by atoms with Crippen LogP contribution in [0.4, 0.5) is 5.69 Å². The summed E-state index contributed by atoms with van der Waals surface area (Å²) in [6.45, 7) is -0.211. The maximum Gasteiger partial charge on any atom is 0.229 e. The van der Waals surface area contributed by atoms with Gasteiger partial charge in [0.15, 0.2) is 0 Å². The first-order valence-electron chi connectivity index (χ1n) is 13.5. The van der Waals surface area contributed by atoms with Gasteiger partial charge in [-0.05, 0) is 30.0 Å². The molecule has 0 radical (unpaired) electrons. The highest BCUT2D eigenvalue weighted by Gasteiger charge is 2.42. The van der Waals surface area contributed by atoms with Crippen molar-refractivity contribution in [1.29, 1.82) is 0 Å². The third kappa shape index (κ3) is 4.17. The van der Waals surface area contributed by atoms with Crippen LogP contribution in [0.2, 0.25) is 0 Å². The van der Waals surface area contributed by atoms with Gasteiger partial charge in [0, 0.05) is 59.2 Å². The lowest BCUT2D eigenvalue weighted by Crippen LogP contribution is -2.59. The van der Waals surface area contributed by atoms with Gasteiger partial charge in [0.05, 0.1) is 11.0 Å². The summed E-state index contributed by atoms with van der Waals surface area (Å²) >= 11 is 1.43. The van der Waals surface area contributed by atoms with Crippen LogP contribution in [0.1, 0.15) is 44.8 Å². The van der Waals surface area contributed by atoms with Crippen LogP contribution in [-0.4, -0.2) is 43.2 Å². The van der Waals surface area contributed by atoms with E-state index in [9.17, 15) is 4.79 Å². The predicted molar refractivity (Wildman–Crippen MR) is 108 cm³/mol. The number of rotatable bonds is 7. The Balaban J connectivity index is 2.07. The van der Waals surface area contributed by atoms with E-state index in [1.165, 1.54) is 18.3 Å². The average molecular weight is 383 g/mol. The van der Waals surface area contributed by atoms with Crippen LogP contribution in [-0.2, 0) is 16.0 Å². The van der Waals surface area contributed by atoms with Crippen molar-refractivity contribution in [2.45, 2.75) is 38.3 Å². The van der Waals surface area contributed by atoms with Crippen LogP contribution in [0.5, 0.6) is 0 Å². The third-order valence-electron chi connectivity index (χ3n) is 4.46. The van der Waals surface area contributed by atoms with Crippen LogP contribution in [0, 0.1) is 0 Å². The van der Waals surface area contributed by atoms with Gasteiger partial charge in [-0.15, -0.1) is 11.3 Å². The Bertz CT molecular complexity index is 1070. The first-order valence-corrected chi connectivity index (χ1v) is 9.39. The minimum atomic E-state index is -2.97. The predicted octanol–water partition coefficient (Wildman–Crippen LogP) is 4.17. The monoisotopic (exact) mass is 382 g/mol. The second-order valence-electron chi connectivity index (χ2n) is 6.01. The number of carbonyl (C=O) groups is 1. The van der Waals surface area contributed by atoms with Gasteiger partial charge < -0.3 is 9.64 Å². The quantitative estimate of drug-likeness (QED) is 0.674. The van der Waals surface area contributed by atoms with E-state index in [-0.39, 0.29) is 38.8 Å². The fourth-order valence-electron chi connectivity index (χ4n) is 3.06. The minimum Gasteiger partial charge on any atom is -0.358 e. The summed E-state index contributed by atoms with van der Waals surface area (Å²) in [4.78, 5) is 16.5. The van der Waals surface area contributed by atoms with Gasteiger partial charge in [-0.25, -0.2) is 0 Å². The molecule has 1 saturated heterocycles. The standard InChI is InChI=1S/C21H28N2O2S/c1-3-20(24)23(18-8-5-4-6-9-18)21(25-2)12-15-22(16-13-21)14-11-19-10-7-17-26-19/h4-10,17H,3,11-16H2,1-2H3/i2D3,4D,5D,6D,8D,9D,14D2. The van der Waals surface area contributed by atoms with E-state index >= 15 is 0 Å². The van der Waals surface area contributed by atoms with Crippen LogP contribution >= 0.6 is 11.3 Å². The van der Waals surface area contributed by atoms with Crippen molar-refractivity contribution in [3.05, 3.63) is 52.6 Å². The number of thiophene rings is 1. The number of carbonyl (C=O) groups excluding carboxylic acids is 1. The van der Waals surface area contributed by atoms with E-state index < -0.39 is 61.1 Å². The Morgan fingerprint density at radius 2 is 2.19 bits per heavy atom. The number of para-hydroxylation sites is 1. The molecule has 1 aromatic heterocycles. The molecule has 0 bridgehead atoms. The van der Waals surface area contributed by atoms with E-state index in [1.54, 1.807) is 4.90 Å². The van der Waals surface area contributed by atoms with Crippen molar-refractivity contribution in [3.8, 4) is 0 Å². The summed E-state index contributed by atoms with van der Waals surface area (Å²) in [5.74, 6) is -0.673. The Morgan fingerprint density at radius 1 is 1.42 bits per heavy atom. The van der Waals surface area contributed by atoms with Crippen molar-refractivity contribution in [2.75, 3.05) is 31.5 Å². The van der Waals surface area contributed by atoms with Crippen molar-refractivity contribution in [2.24, 2.45) is 0 Å². The van der Waals surface area contributed by atoms with Crippen LogP contribution in [0.3, 0.4) is 0 Å². The van der Waals surface area contributed by atoms with Gasteiger partial charge in [-0.3, -0.25) is 9.69 Å². The van der Waals surface area contributed by atoms with Crippen molar-refractivity contribution in [3.63, 3.8) is 0 Å². The maximum atomic E-state index is 13.2. The van der Waals surface area contributed by atoms with Crippen LogP contribution in [0.15, 0.2) is 47.7 Å². The van der Waals surface area contributed by atoms with Crippen molar-refractivity contribution >= 4 is 22.9 Å². The number of hydrogen-bond acceptors (Lipinski definition) is 4. The second-order valence-corrected chi connectivity index (χ2v) is 7.04. The molecule has 1 aliphatic rings. The summed E-state index contributed by atoms with van der Waals surface area (Å²) in [6, 6.07) is 0.408. The number of anilines is 1. The molecule has 1 amide bonds. The zero-order valence-corrected chi connectivity index (χ0v) is 15.4. The molecule has 0 atom stereocenters. The number of likely N-dealkylation sites (tertiary alicyclic amines) is 1. The molecule has 2 heterocycles. The number of piperidine rings is 1. The van der Waals surface area contributed by atoms with E-state index in [0.29, 0.717) is 0 Å². The molecule has 1 fully saturated rings. The largest absolute Gasteiger partial charge is 0.358 e. The smallest absolute Gasteiger partial charge is 0.229 e. The fourth-order valence-corrected chi connectivity index (χ4v) is 3.69. The van der Waals surface area contributed by atoms with Gasteiger partial charge in [-0.2, -0.15) is 0 Å². The molecule has 4 nitrogen and oxygen atoms in total. The number of hydrogen-bond donors (Lipinski definition) is 0. The number of ether oxygens (including phenoxy) is 1. The van der Waals surface area contributed by atoms with E-state index in [4.69, 9.17) is 18.4 Å². The third-order valence-corrected chi connectivity index (χ3v) is 5.34. The average Bonchev–Trinajstić information content (AvgIpc) is 3.30. The summed E-state index contributed by atoms with van der Waals surface area (Å²) < 4.78 is 86.7. The van der Waals surface area contributed by atoms with E-state index in [2.05, 4.69) is 0 Å². The number of methoxy groups -OCH3 is 1. The molecule has 0 unspecified atom stereocenters. The molecule has 3 rings (SSSR count). The SMILES string of the molecule is [2H]c1c([2H])c([2H])c(N(C(=O)CC)C2(OC([2H])([2H])[2H])CCN(C([2H])([2H])Cc3cccs3)CC2)c([2H])c1[2H]. The molecule has 0 saturated carbocycles. The van der Waals surface area contributed by atoms with Gasteiger partial charge >= 0.3 is 0 Å². The highest BCUT2D eigenvalue weighted by atomic mass is 32.1. The molecule has 140 valence electrons. The molecule has 2 aromatic rings. The zero-order chi connectivity index (χ0) is 27.1. The highest BCUT2D eigenvalue weighted by molar-refractivity contribution is 7.09. The maximum absolute atomic E-state index is 13.2. The molecule has 0 N–H and O–H groups in total. The first kappa shape index (κ1) is 10.0. The van der Waals surface area contributed by atoms with Crippen molar-refractivity contribution < 1.29 is 23.2 Å². The summed E-state index contributed by atoms with van der Waals surface area (Å²) in [5, 5.41) is 1.85. The fraction of sp³-hybridized carbons (Fsp3) is 0.476. The Hall–Kier alpha value is -1.69. The van der Waals surface area contributed by atoms with Crippen LogP contribution < -0.4 is 4.90 Å². The Labute approximate surface area is 174 Å². The number of nitrogens with zero attached hydrogens (tertiary/aromatic N) is 2. The minimum absolute atomic E-state index is 0.0145. The molecule has 0 aliphatic carbocycles. The van der Waals surface area contributed by atoms with Gasteiger partial charge in [0.1, 0.15) is 5.72 Å². The number of amides is 1. The molecule has 0 spiro atoms. The summed E-state index contributed by atoms with van der Waals surface area (Å²) in [5.41, 5.74) is -2.32. The lowest BCUT2D eigenvalue weighted by Gasteiger charge is -2.47. The van der Waals surface area contributed by atoms with E-state index in [0.717, 1.165) is 9.78 Å². The van der Waals surface area contributed by atoms with E-state index in [1.807, 2.05) is 17.5 Å². The first-order chi connectivity index (χ1) is 16.6. The van der Waals surface area contributed by atoms with Crippen molar-refractivity contribution in [1.82, 2.24) is 4.90 Å². The highest BCUT2D eigenvalue weighted by Crippen LogP contribution is 2.34. The van der Waals surface area contributed by atoms with Gasteiger partial charge in [0.25, 0.3) is 0 Å². The summed E-state index contributed by atoms with van der Waals surface area (Å²) in [6.07, 6.45) is -0.317. The topological polar surface area (TPSA) is 32.8 Å². The molecule has 1 aliphatic heterocycles. The Kier molecular flexibility index (Phi) is 3.39. The van der Waals surface area contributed by atoms with Gasteiger partial charge in [-0.1, -0.05) is 31.1 Å². The molecule has 26 heavy (non-hydrogen) atoms. The second kappa shape index (κ2) is 8.80. The lowest BCUT2D eigenvalue weighted by molar-refractivity contribution is -0.128. The molecular formula is C21H28N2O2S. The zero-order valence-electron chi connectivity index (χ0n) is 24.6. The Morgan fingerprint density at radius 3 is 2.81 bits per heavy atom. The molecule has 5 heteroatoms. The normalized spacial score (nSPS) is 23.7. The molecular weight excluding hydrogens is 344 g/mol.